The monoisotopic (exact) mass is 745 g/mol. The molecule has 2 aliphatic carbocycles. The molecule has 14 nitrogen and oxygen atoms in total. The van der Waals surface area contributed by atoms with Crippen LogP contribution in [0, 0.1) is 17.2 Å². The second kappa shape index (κ2) is 14.4. The standard InChI is InChI=1S/C36H48FN5O9S/c1-35(2,3)29(43)31(45)38-27-13-8-6-4-5-7-11-22-17-36(22,33(47)40-52(49,50)24-14-15-24)39-30(44)28-16-23(19-42(28)32(27)46)51-34(48)41-18-21-10-9-12-26(37)25(21)20-41/h7,9-12,22-24,27-29,43H,4-6,8,13-20H2,1-3H3,(H,38,45)(H,39,44)(H,40,47)/b11-7-/t22-,23-,27+,28+,29?,36-/m1/s1. The van der Waals surface area contributed by atoms with Crippen LogP contribution in [0.2, 0.25) is 0 Å². The summed E-state index contributed by atoms with van der Waals surface area (Å²) in [5.74, 6) is -3.90. The lowest BCUT2D eigenvalue weighted by Crippen LogP contribution is -2.59. The lowest BCUT2D eigenvalue weighted by Gasteiger charge is -2.31. The highest BCUT2D eigenvalue weighted by Gasteiger charge is 2.62. The number of allylic oxidation sites excluding steroid dienone is 1. The van der Waals surface area contributed by atoms with E-state index in [1.54, 1.807) is 39.0 Å². The Hall–Kier alpha value is -4.05. The van der Waals surface area contributed by atoms with E-state index in [2.05, 4.69) is 15.4 Å². The number of aliphatic hydroxyl groups excluding tert-OH is 1. The fraction of sp³-hybridized carbons (Fsp3) is 0.639. The van der Waals surface area contributed by atoms with Gasteiger partial charge < -0.3 is 25.4 Å². The van der Waals surface area contributed by atoms with Gasteiger partial charge in [-0.15, -0.1) is 0 Å². The Morgan fingerprint density at radius 2 is 1.85 bits per heavy atom. The number of ether oxygens (including phenoxy) is 1. The third-order valence-electron chi connectivity index (χ3n) is 10.7. The first-order valence-corrected chi connectivity index (χ1v) is 19.6. The number of nitrogens with one attached hydrogen (secondary N) is 3. The fourth-order valence-electron chi connectivity index (χ4n) is 7.22. The van der Waals surface area contributed by atoms with Crippen molar-refractivity contribution in [3.63, 3.8) is 0 Å². The lowest BCUT2D eigenvalue weighted by molar-refractivity contribution is -0.144. The number of hydrogen-bond acceptors (Lipinski definition) is 9. The smallest absolute Gasteiger partial charge is 0.410 e. The first-order valence-electron chi connectivity index (χ1n) is 18.1. The Morgan fingerprint density at radius 1 is 1.10 bits per heavy atom. The van der Waals surface area contributed by atoms with Gasteiger partial charge >= 0.3 is 6.09 Å². The maximum atomic E-state index is 14.4. The second-order valence-electron chi connectivity index (χ2n) is 15.8. The van der Waals surface area contributed by atoms with Gasteiger partial charge in [0.05, 0.1) is 18.3 Å². The van der Waals surface area contributed by atoms with Gasteiger partial charge in [0.25, 0.3) is 5.91 Å². The van der Waals surface area contributed by atoms with Crippen molar-refractivity contribution in [1.82, 2.24) is 25.2 Å². The van der Waals surface area contributed by atoms with Gasteiger partial charge in [0, 0.05) is 24.4 Å². The van der Waals surface area contributed by atoms with E-state index in [1.165, 1.54) is 15.9 Å². The number of fused-ring (bicyclic) bond motifs is 3. The van der Waals surface area contributed by atoms with Crippen LogP contribution < -0.4 is 15.4 Å². The Morgan fingerprint density at radius 3 is 2.54 bits per heavy atom. The number of rotatable bonds is 6. The van der Waals surface area contributed by atoms with Crippen LogP contribution in [-0.2, 0) is 47.0 Å². The summed E-state index contributed by atoms with van der Waals surface area (Å²) in [6.45, 7) is 4.94. The summed E-state index contributed by atoms with van der Waals surface area (Å²) >= 11 is 0. The molecular formula is C36H48FN5O9S. The summed E-state index contributed by atoms with van der Waals surface area (Å²) in [7, 11) is -3.93. The highest BCUT2D eigenvalue weighted by molar-refractivity contribution is 7.91. The number of carbonyl (C=O) groups is 5. The predicted octanol–water partition coefficient (Wildman–Crippen LogP) is 2.14. The molecule has 0 bridgehead atoms. The molecule has 3 aliphatic heterocycles. The molecule has 1 aromatic carbocycles. The van der Waals surface area contributed by atoms with Crippen LogP contribution in [0.4, 0.5) is 9.18 Å². The van der Waals surface area contributed by atoms with E-state index in [4.69, 9.17) is 4.74 Å². The molecule has 3 fully saturated rings. The zero-order valence-electron chi connectivity index (χ0n) is 29.7. The first-order chi connectivity index (χ1) is 24.5. The molecule has 16 heteroatoms. The number of sulfonamides is 1. The average molecular weight is 746 g/mol. The van der Waals surface area contributed by atoms with E-state index in [9.17, 15) is 41.9 Å². The van der Waals surface area contributed by atoms with Gasteiger partial charge in [-0.3, -0.25) is 28.8 Å². The molecule has 284 valence electrons. The van der Waals surface area contributed by atoms with Gasteiger partial charge in [-0.2, -0.15) is 0 Å². The minimum atomic E-state index is -3.93. The van der Waals surface area contributed by atoms with Gasteiger partial charge in [0.15, 0.2) is 0 Å². The molecule has 5 aliphatic rings. The topological polar surface area (TPSA) is 192 Å². The predicted molar refractivity (Wildman–Crippen MR) is 185 cm³/mol. The molecule has 1 saturated heterocycles. The molecule has 0 aromatic heterocycles. The molecule has 4 N–H and O–H groups in total. The van der Waals surface area contributed by atoms with Gasteiger partial charge in [-0.05, 0) is 55.6 Å². The molecule has 52 heavy (non-hydrogen) atoms. The molecular weight excluding hydrogens is 697 g/mol. The molecule has 5 amide bonds. The molecule has 1 unspecified atom stereocenters. The van der Waals surface area contributed by atoms with Crippen molar-refractivity contribution in [2.24, 2.45) is 11.3 Å². The van der Waals surface area contributed by atoms with Crippen molar-refractivity contribution in [3.8, 4) is 0 Å². The zero-order chi connectivity index (χ0) is 37.6. The third-order valence-corrected chi connectivity index (χ3v) is 12.5. The van der Waals surface area contributed by atoms with Gasteiger partial charge in [-0.25, -0.2) is 17.6 Å². The molecule has 3 heterocycles. The maximum absolute atomic E-state index is 14.4. The van der Waals surface area contributed by atoms with Gasteiger partial charge in [-0.1, -0.05) is 57.9 Å². The third kappa shape index (κ3) is 7.97. The molecule has 0 spiro atoms. The second-order valence-corrected chi connectivity index (χ2v) is 17.8. The highest BCUT2D eigenvalue weighted by atomic mass is 32.2. The van der Waals surface area contributed by atoms with E-state index < -0.39 is 92.0 Å². The van der Waals surface area contributed by atoms with E-state index in [0.29, 0.717) is 43.2 Å². The van der Waals surface area contributed by atoms with Crippen molar-refractivity contribution in [3.05, 3.63) is 47.3 Å². The minimum absolute atomic E-state index is 0.0133. The normalized spacial score (nSPS) is 29.3. The van der Waals surface area contributed by atoms with Crippen LogP contribution in [0.5, 0.6) is 0 Å². The van der Waals surface area contributed by atoms with Gasteiger partial charge in [0.2, 0.25) is 27.7 Å². The van der Waals surface area contributed by atoms with E-state index in [-0.39, 0.29) is 38.9 Å². The highest BCUT2D eigenvalue weighted by Crippen LogP contribution is 2.46. The fourth-order valence-corrected chi connectivity index (χ4v) is 8.58. The van der Waals surface area contributed by atoms with Crippen molar-refractivity contribution < 1.29 is 46.6 Å². The van der Waals surface area contributed by atoms with Crippen LogP contribution in [-0.4, -0.2) is 94.7 Å². The average Bonchev–Trinajstić information content (AvgIpc) is 3.96. The summed E-state index contributed by atoms with van der Waals surface area (Å²) in [6, 6.07) is 2.20. The lowest BCUT2D eigenvalue weighted by atomic mass is 9.88. The molecule has 6 atom stereocenters. The van der Waals surface area contributed by atoms with Crippen LogP contribution >= 0.6 is 0 Å². The number of amides is 5. The number of aliphatic hydroxyl groups is 1. The number of halogens is 1. The number of carbonyl (C=O) groups excluding carboxylic acids is 5. The summed E-state index contributed by atoms with van der Waals surface area (Å²) in [4.78, 5) is 71.2. The van der Waals surface area contributed by atoms with Crippen molar-refractivity contribution in [1.29, 1.82) is 0 Å². The van der Waals surface area contributed by atoms with E-state index in [1.807, 2.05) is 6.08 Å². The minimum Gasteiger partial charge on any atom is -0.444 e. The van der Waals surface area contributed by atoms with Crippen molar-refractivity contribution >= 4 is 39.7 Å². The summed E-state index contributed by atoms with van der Waals surface area (Å²) in [6.07, 6.45) is 4.23. The summed E-state index contributed by atoms with van der Waals surface area (Å²) in [5.41, 5.74) is -1.38. The van der Waals surface area contributed by atoms with E-state index in [0.717, 1.165) is 6.42 Å². The molecule has 0 radical (unpaired) electrons. The molecule has 1 aromatic rings. The Kier molecular flexibility index (Phi) is 10.4. The van der Waals surface area contributed by atoms with Crippen molar-refractivity contribution in [2.45, 2.75) is 127 Å². The number of hydrogen-bond donors (Lipinski definition) is 4. The first kappa shape index (κ1) is 37.7. The molecule has 2 saturated carbocycles. The van der Waals surface area contributed by atoms with Gasteiger partial charge in [0.1, 0.15) is 35.6 Å². The molecule has 6 rings (SSSR count). The van der Waals surface area contributed by atoms with Crippen LogP contribution in [0.15, 0.2) is 30.4 Å². The number of nitrogens with zero attached hydrogens (tertiary/aromatic N) is 2. The summed E-state index contributed by atoms with van der Waals surface area (Å²) in [5, 5.41) is 15.5. The maximum Gasteiger partial charge on any atom is 0.410 e. The van der Waals surface area contributed by atoms with Crippen LogP contribution in [0.1, 0.15) is 89.7 Å². The Balaban J connectivity index is 1.26. The Labute approximate surface area is 302 Å². The van der Waals surface area contributed by atoms with Crippen LogP contribution in [0.25, 0.3) is 0 Å². The SMILES string of the molecule is CC(C)(C)C(O)C(=O)N[C@H]1CCCCC/C=C\[C@@H]2C[C@@]2(C(=O)NS(=O)(=O)C2CC2)NC(=O)[C@@H]2C[C@@H](OC(=O)N3Cc4cccc(F)c4C3)CN2C1=O. The largest absolute Gasteiger partial charge is 0.444 e. The van der Waals surface area contributed by atoms with Crippen LogP contribution in [0.3, 0.4) is 0 Å². The quantitative estimate of drug-likeness (QED) is 0.316. The van der Waals surface area contributed by atoms with Crippen molar-refractivity contribution in [2.75, 3.05) is 6.54 Å². The number of benzene rings is 1. The Bertz CT molecular complexity index is 1760. The summed E-state index contributed by atoms with van der Waals surface area (Å²) < 4.78 is 47.9. The zero-order valence-corrected chi connectivity index (χ0v) is 30.5. The van der Waals surface area contributed by atoms with E-state index >= 15 is 0 Å².